The zero-order chi connectivity index (χ0) is 14.1. The fraction of sp³-hybridized carbons (Fsp3) is 0.467. The van der Waals surface area contributed by atoms with E-state index in [2.05, 4.69) is 17.0 Å². The van der Waals surface area contributed by atoms with Gasteiger partial charge in [-0.2, -0.15) is 5.10 Å². The van der Waals surface area contributed by atoms with E-state index in [1.807, 2.05) is 24.3 Å². The Labute approximate surface area is 123 Å². The Kier molecular flexibility index (Phi) is 3.76. The molecule has 4 nitrogen and oxygen atoms in total. The first-order valence-corrected chi connectivity index (χ1v) is 7.40. The summed E-state index contributed by atoms with van der Waals surface area (Å²) < 4.78 is 1.60. The number of fused-ring (bicyclic) bond motifs is 1. The molecular formula is C15H18ClN3O. The third kappa shape index (κ3) is 2.45. The molecule has 1 aliphatic rings. The monoisotopic (exact) mass is 291 g/mol. The van der Waals surface area contributed by atoms with Gasteiger partial charge in [0.1, 0.15) is 0 Å². The van der Waals surface area contributed by atoms with Crippen LogP contribution in [0.3, 0.4) is 0 Å². The van der Waals surface area contributed by atoms with Crippen LogP contribution in [0.15, 0.2) is 29.1 Å². The van der Waals surface area contributed by atoms with Crippen LogP contribution < -0.4 is 5.56 Å². The van der Waals surface area contributed by atoms with E-state index in [-0.39, 0.29) is 11.6 Å². The molecule has 1 fully saturated rings. The highest BCUT2D eigenvalue weighted by Crippen LogP contribution is 2.23. The van der Waals surface area contributed by atoms with E-state index < -0.39 is 0 Å². The van der Waals surface area contributed by atoms with Gasteiger partial charge in [0.25, 0.3) is 5.56 Å². The molecule has 106 valence electrons. The van der Waals surface area contributed by atoms with Crippen LogP contribution in [0.2, 0.25) is 5.15 Å². The average molecular weight is 292 g/mol. The molecule has 1 atom stereocenters. The van der Waals surface area contributed by atoms with Gasteiger partial charge in [-0.3, -0.25) is 4.79 Å². The quantitative estimate of drug-likeness (QED) is 0.811. The van der Waals surface area contributed by atoms with Crippen LogP contribution in [-0.4, -0.2) is 34.8 Å². The first kappa shape index (κ1) is 13.6. The smallest absolute Gasteiger partial charge is 0.274 e. The molecule has 0 amide bonds. The fourth-order valence-corrected chi connectivity index (χ4v) is 3.13. The minimum atomic E-state index is -0.0282. The Morgan fingerprint density at radius 1 is 1.20 bits per heavy atom. The van der Waals surface area contributed by atoms with Crippen molar-refractivity contribution in [1.82, 2.24) is 14.7 Å². The molecule has 0 saturated carbocycles. The molecule has 1 unspecified atom stereocenters. The summed E-state index contributed by atoms with van der Waals surface area (Å²) in [5, 5.41) is 6.15. The Morgan fingerprint density at radius 3 is 2.75 bits per heavy atom. The normalized spacial score (nSPS) is 21.0. The molecule has 3 rings (SSSR count). The van der Waals surface area contributed by atoms with Crippen LogP contribution in [0.5, 0.6) is 0 Å². The first-order chi connectivity index (χ1) is 9.66. The lowest BCUT2D eigenvalue weighted by atomic mass is 10.1. The largest absolute Gasteiger partial charge is 0.306 e. The van der Waals surface area contributed by atoms with Crippen molar-refractivity contribution in [2.45, 2.75) is 25.3 Å². The summed E-state index contributed by atoms with van der Waals surface area (Å²) >= 11 is 6.24. The van der Waals surface area contributed by atoms with Gasteiger partial charge in [0.15, 0.2) is 5.15 Å². The molecular weight excluding hydrogens is 274 g/mol. The molecule has 0 radical (unpaired) electrons. The predicted octanol–water partition coefficient (Wildman–Crippen LogP) is 2.71. The van der Waals surface area contributed by atoms with Gasteiger partial charge in [-0.15, -0.1) is 0 Å². The van der Waals surface area contributed by atoms with Crippen LogP contribution in [0.25, 0.3) is 10.8 Å². The Morgan fingerprint density at radius 2 is 1.95 bits per heavy atom. The number of rotatable bonds is 1. The van der Waals surface area contributed by atoms with Crippen molar-refractivity contribution in [1.29, 1.82) is 0 Å². The molecule has 20 heavy (non-hydrogen) atoms. The average Bonchev–Trinajstić information content (AvgIpc) is 2.68. The van der Waals surface area contributed by atoms with E-state index in [0.29, 0.717) is 10.5 Å². The SMILES string of the molecule is CN1CCCC(n2nc(Cl)c3ccccc3c2=O)CC1. The highest BCUT2D eigenvalue weighted by Gasteiger charge is 2.20. The van der Waals surface area contributed by atoms with Gasteiger partial charge in [-0.25, -0.2) is 4.68 Å². The minimum Gasteiger partial charge on any atom is -0.306 e. The maximum atomic E-state index is 12.6. The van der Waals surface area contributed by atoms with Crippen molar-refractivity contribution < 1.29 is 0 Å². The summed E-state index contributed by atoms with van der Waals surface area (Å²) in [6.45, 7) is 2.07. The Hall–Kier alpha value is -1.39. The summed E-state index contributed by atoms with van der Waals surface area (Å²) in [6, 6.07) is 7.56. The molecule has 0 spiro atoms. The molecule has 0 bridgehead atoms. The predicted molar refractivity (Wildman–Crippen MR) is 81.4 cm³/mol. The second-order valence-electron chi connectivity index (χ2n) is 5.47. The van der Waals surface area contributed by atoms with E-state index in [4.69, 9.17) is 11.6 Å². The third-order valence-electron chi connectivity index (χ3n) is 4.05. The number of halogens is 1. The molecule has 0 N–H and O–H groups in total. The zero-order valence-electron chi connectivity index (χ0n) is 11.6. The van der Waals surface area contributed by atoms with Gasteiger partial charge in [0.05, 0.1) is 11.4 Å². The fourth-order valence-electron chi connectivity index (χ4n) is 2.88. The van der Waals surface area contributed by atoms with Crippen LogP contribution in [-0.2, 0) is 0 Å². The number of aromatic nitrogens is 2. The molecule has 5 heteroatoms. The number of nitrogens with zero attached hydrogens (tertiary/aromatic N) is 3. The lowest BCUT2D eigenvalue weighted by Crippen LogP contribution is -2.28. The highest BCUT2D eigenvalue weighted by molar-refractivity contribution is 6.34. The van der Waals surface area contributed by atoms with Crippen LogP contribution in [0, 0.1) is 0 Å². The molecule has 1 aliphatic heterocycles. The van der Waals surface area contributed by atoms with Gasteiger partial charge in [0, 0.05) is 5.39 Å². The molecule has 0 aliphatic carbocycles. The summed E-state index contributed by atoms with van der Waals surface area (Å²) in [5.74, 6) is 0. The molecule has 1 saturated heterocycles. The zero-order valence-corrected chi connectivity index (χ0v) is 12.3. The van der Waals surface area contributed by atoms with Crippen molar-refractivity contribution in [2.24, 2.45) is 0 Å². The standard InChI is InChI=1S/C15H18ClN3O/c1-18-9-4-5-11(8-10-18)19-15(20)13-7-3-2-6-12(13)14(16)17-19/h2-3,6-7,11H,4-5,8-10H2,1H3. The Balaban J connectivity index is 2.07. The molecule has 1 aromatic heterocycles. The van der Waals surface area contributed by atoms with Gasteiger partial charge >= 0.3 is 0 Å². The summed E-state index contributed by atoms with van der Waals surface area (Å²) in [4.78, 5) is 14.9. The molecule has 2 heterocycles. The Bertz CT molecular complexity index is 682. The minimum absolute atomic E-state index is 0.0282. The molecule has 2 aromatic rings. The number of benzene rings is 1. The summed E-state index contributed by atoms with van der Waals surface area (Å²) in [7, 11) is 2.12. The van der Waals surface area contributed by atoms with Crippen molar-refractivity contribution in [3.63, 3.8) is 0 Å². The topological polar surface area (TPSA) is 38.1 Å². The lowest BCUT2D eigenvalue weighted by molar-refractivity contribution is 0.334. The van der Waals surface area contributed by atoms with Crippen LogP contribution in [0.1, 0.15) is 25.3 Å². The second-order valence-corrected chi connectivity index (χ2v) is 5.83. The highest BCUT2D eigenvalue weighted by atomic mass is 35.5. The maximum Gasteiger partial charge on any atom is 0.274 e. The summed E-state index contributed by atoms with van der Waals surface area (Å²) in [5.41, 5.74) is -0.0282. The maximum absolute atomic E-state index is 12.6. The van der Waals surface area contributed by atoms with Gasteiger partial charge < -0.3 is 4.90 Å². The number of hydrogen-bond donors (Lipinski definition) is 0. The van der Waals surface area contributed by atoms with E-state index in [0.717, 1.165) is 37.7 Å². The summed E-state index contributed by atoms with van der Waals surface area (Å²) in [6.07, 6.45) is 3.00. The molecule has 1 aromatic carbocycles. The van der Waals surface area contributed by atoms with Gasteiger partial charge in [-0.05, 0) is 45.5 Å². The van der Waals surface area contributed by atoms with Crippen LogP contribution in [0.4, 0.5) is 0 Å². The van der Waals surface area contributed by atoms with Crippen molar-refractivity contribution in [3.05, 3.63) is 39.8 Å². The number of likely N-dealkylation sites (tertiary alicyclic amines) is 1. The van der Waals surface area contributed by atoms with Gasteiger partial charge in [-0.1, -0.05) is 29.8 Å². The third-order valence-corrected chi connectivity index (χ3v) is 4.33. The van der Waals surface area contributed by atoms with Crippen LogP contribution >= 0.6 is 11.6 Å². The van der Waals surface area contributed by atoms with E-state index >= 15 is 0 Å². The van der Waals surface area contributed by atoms with E-state index in [1.165, 1.54) is 0 Å². The number of hydrogen-bond acceptors (Lipinski definition) is 3. The van der Waals surface area contributed by atoms with Crippen molar-refractivity contribution in [3.8, 4) is 0 Å². The van der Waals surface area contributed by atoms with Crippen molar-refractivity contribution in [2.75, 3.05) is 20.1 Å². The van der Waals surface area contributed by atoms with Crippen molar-refractivity contribution >= 4 is 22.4 Å². The second kappa shape index (κ2) is 5.54. The lowest BCUT2D eigenvalue weighted by Gasteiger charge is -2.17. The van der Waals surface area contributed by atoms with E-state index in [1.54, 1.807) is 4.68 Å². The first-order valence-electron chi connectivity index (χ1n) is 7.02. The van der Waals surface area contributed by atoms with E-state index in [9.17, 15) is 4.79 Å². The van der Waals surface area contributed by atoms with Gasteiger partial charge in [0.2, 0.25) is 0 Å².